The predicted octanol–water partition coefficient (Wildman–Crippen LogP) is -0.288. The van der Waals surface area contributed by atoms with E-state index in [-0.39, 0.29) is 11.2 Å². The number of amides is 1. The molecule has 11 heteroatoms. The number of aromatic nitrogens is 7. The van der Waals surface area contributed by atoms with E-state index >= 15 is 0 Å². The summed E-state index contributed by atoms with van der Waals surface area (Å²) in [6.07, 6.45) is 4.46. The fourth-order valence-electron chi connectivity index (χ4n) is 3.14. The number of para-hydroxylation sites is 1. The number of benzene rings is 1. The normalized spacial score (nSPS) is 11.1. The van der Waals surface area contributed by atoms with Gasteiger partial charge in [-0.3, -0.25) is 14.2 Å². The van der Waals surface area contributed by atoms with Gasteiger partial charge in [-0.2, -0.15) is 5.10 Å². The zero-order chi connectivity index (χ0) is 20.5. The van der Waals surface area contributed by atoms with Gasteiger partial charge in [0.25, 0.3) is 5.56 Å². The van der Waals surface area contributed by atoms with Gasteiger partial charge in [-0.1, -0.05) is 18.2 Å². The fourth-order valence-corrected chi connectivity index (χ4v) is 3.14. The van der Waals surface area contributed by atoms with Crippen LogP contribution >= 0.6 is 0 Å². The van der Waals surface area contributed by atoms with Crippen LogP contribution in [-0.2, 0) is 32.0 Å². The summed E-state index contributed by atoms with van der Waals surface area (Å²) < 4.78 is 5.31. The van der Waals surface area contributed by atoms with Crippen molar-refractivity contribution in [3.8, 4) is 0 Å². The molecule has 1 amide bonds. The molecule has 4 rings (SSSR count). The minimum absolute atomic E-state index is 0.256. The lowest BCUT2D eigenvalue weighted by Crippen LogP contribution is -2.42. The summed E-state index contributed by atoms with van der Waals surface area (Å²) in [6.45, 7) is 0.00341. The van der Waals surface area contributed by atoms with Crippen molar-refractivity contribution >= 4 is 22.8 Å². The summed E-state index contributed by atoms with van der Waals surface area (Å²) in [7, 11) is 3.17. The summed E-state index contributed by atoms with van der Waals surface area (Å²) in [5, 5.41) is 6.83. The summed E-state index contributed by atoms with van der Waals surface area (Å²) in [4.78, 5) is 45.9. The van der Waals surface area contributed by atoms with Gasteiger partial charge < -0.3 is 9.88 Å². The first-order valence-corrected chi connectivity index (χ1v) is 8.76. The first-order valence-electron chi connectivity index (χ1n) is 8.76. The Morgan fingerprint density at radius 3 is 2.69 bits per heavy atom. The summed E-state index contributed by atoms with van der Waals surface area (Å²) in [6, 6.07) is 7.23. The largest absolute Gasteiger partial charge is 0.332 e. The summed E-state index contributed by atoms with van der Waals surface area (Å²) in [5.41, 5.74) is 0.749. The van der Waals surface area contributed by atoms with Gasteiger partial charge in [0.2, 0.25) is 5.91 Å². The molecule has 148 valence electrons. The highest BCUT2D eigenvalue weighted by Gasteiger charge is 2.17. The van der Waals surface area contributed by atoms with Gasteiger partial charge >= 0.3 is 5.69 Å². The maximum Gasteiger partial charge on any atom is 0.332 e. The van der Waals surface area contributed by atoms with Crippen LogP contribution in [0.2, 0.25) is 0 Å². The molecule has 0 aliphatic carbocycles. The van der Waals surface area contributed by atoms with E-state index in [4.69, 9.17) is 0 Å². The van der Waals surface area contributed by atoms with Gasteiger partial charge in [-0.25, -0.2) is 24.0 Å². The van der Waals surface area contributed by atoms with Crippen molar-refractivity contribution in [2.24, 2.45) is 14.1 Å². The number of fused-ring (bicyclic) bond motifs is 1. The van der Waals surface area contributed by atoms with E-state index in [0.29, 0.717) is 12.2 Å². The third-order valence-electron chi connectivity index (χ3n) is 4.59. The van der Waals surface area contributed by atoms with E-state index in [1.54, 1.807) is 30.2 Å². The molecular weight excluding hydrogens is 376 g/mol. The van der Waals surface area contributed by atoms with E-state index in [0.717, 1.165) is 10.1 Å². The number of nitrogens with one attached hydrogen (secondary N) is 1. The van der Waals surface area contributed by atoms with Gasteiger partial charge in [0.05, 0.1) is 12.9 Å². The Hall–Kier alpha value is -4.02. The molecule has 0 aliphatic heterocycles. The molecule has 0 saturated heterocycles. The molecule has 11 nitrogen and oxygen atoms in total. The zero-order valence-electron chi connectivity index (χ0n) is 15.8. The number of aryl methyl sites for hydroxylation is 2. The van der Waals surface area contributed by atoms with E-state index < -0.39 is 23.7 Å². The lowest BCUT2D eigenvalue weighted by molar-refractivity contribution is -0.116. The standard InChI is InChI=1S/C18H18N8O3/c1-23-11-20-16-15(23)17(28)26(18(29)24(16)2)8-14(27)22-13-6-4-3-5-12(13)7-25-10-19-9-21-25/h3-6,9-11H,7-8H2,1-2H3,(H,22,27). The number of hydrogen-bond acceptors (Lipinski definition) is 6. The van der Waals surface area contributed by atoms with Crippen LogP contribution in [0.15, 0.2) is 52.8 Å². The SMILES string of the molecule is Cn1cnc2c1c(=O)n(CC(=O)Nc1ccccc1Cn1cncn1)c(=O)n2C. The average Bonchev–Trinajstić information content (AvgIpc) is 3.35. The lowest BCUT2D eigenvalue weighted by Gasteiger charge is -2.12. The number of nitrogens with zero attached hydrogens (tertiary/aromatic N) is 7. The molecule has 1 aromatic carbocycles. The minimum atomic E-state index is -0.604. The van der Waals surface area contributed by atoms with Crippen LogP contribution in [0.5, 0.6) is 0 Å². The van der Waals surface area contributed by atoms with Crippen molar-refractivity contribution in [3.05, 3.63) is 69.6 Å². The molecule has 3 heterocycles. The Labute approximate surface area is 163 Å². The van der Waals surface area contributed by atoms with Crippen LogP contribution < -0.4 is 16.6 Å². The lowest BCUT2D eigenvalue weighted by atomic mass is 10.1. The van der Waals surface area contributed by atoms with Crippen LogP contribution in [0.4, 0.5) is 5.69 Å². The molecule has 0 radical (unpaired) electrons. The van der Waals surface area contributed by atoms with Crippen LogP contribution in [0.25, 0.3) is 11.2 Å². The molecular formula is C18H18N8O3. The quantitative estimate of drug-likeness (QED) is 0.497. The molecule has 3 aromatic heterocycles. The van der Waals surface area contributed by atoms with Crippen molar-refractivity contribution < 1.29 is 4.79 Å². The van der Waals surface area contributed by atoms with Crippen LogP contribution in [-0.4, -0.2) is 39.4 Å². The molecule has 0 saturated carbocycles. The van der Waals surface area contributed by atoms with Crippen molar-refractivity contribution in [1.29, 1.82) is 0 Å². The summed E-state index contributed by atoms with van der Waals surface area (Å²) >= 11 is 0. The number of imidazole rings is 1. The Balaban J connectivity index is 1.63. The second kappa shape index (κ2) is 7.19. The molecule has 0 aliphatic rings. The van der Waals surface area contributed by atoms with Crippen molar-refractivity contribution in [3.63, 3.8) is 0 Å². The minimum Gasteiger partial charge on any atom is -0.328 e. The van der Waals surface area contributed by atoms with Gasteiger partial charge in [0.1, 0.15) is 19.2 Å². The highest BCUT2D eigenvalue weighted by atomic mass is 16.2. The van der Waals surface area contributed by atoms with E-state index in [1.165, 1.54) is 28.8 Å². The van der Waals surface area contributed by atoms with E-state index in [2.05, 4.69) is 20.4 Å². The second-order valence-electron chi connectivity index (χ2n) is 6.56. The molecule has 0 fully saturated rings. The van der Waals surface area contributed by atoms with E-state index in [1.807, 2.05) is 12.1 Å². The Kier molecular flexibility index (Phi) is 4.55. The molecule has 4 aromatic rings. The maximum absolute atomic E-state index is 12.7. The zero-order valence-corrected chi connectivity index (χ0v) is 15.8. The second-order valence-corrected chi connectivity index (χ2v) is 6.56. The number of carbonyl (C=O) groups is 1. The third kappa shape index (κ3) is 3.33. The summed E-state index contributed by atoms with van der Waals surface area (Å²) in [5.74, 6) is -0.489. The van der Waals surface area contributed by atoms with Crippen LogP contribution in [0.3, 0.4) is 0 Å². The molecule has 0 atom stereocenters. The number of anilines is 1. The fraction of sp³-hybridized carbons (Fsp3) is 0.222. The first-order chi connectivity index (χ1) is 14.0. The molecule has 0 bridgehead atoms. The monoisotopic (exact) mass is 394 g/mol. The average molecular weight is 394 g/mol. The third-order valence-corrected chi connectivity index (χ3v) is 4.59. The number of hydrogen-bond donors (Lipinski definition) is 1. The highest BCUT2D eigenvalue weighted by molar-refractivity contribution is 5.91. The Morgan fingerprint density at radius 2 is 1.93 bits per heavy atom. The van der Waals surface area contributed by atoms with Crippen molar-refractivity contribution in [1.82, 2.24) is 33.4 Å². The van der Waals surface area contributed by atoms with Gasteiger partial charge in [0.15, 0.2) is 11.2 Å². The van der Waals surface area contributed by atoms with Gasteiger partial charge in [0, 0.05) is 19.8 Å². The molecule has 1 N–H and O–H groups in total. The smallest absolute Gasteiger partial charge is 0.328 e. The number of carbonyl (C=O) groups excluding carboxylic acids is 1. The molecule has 29 heavy (non-hydrogen) atoms. The topological polar surface area (TPSA) is 122 Å². The van der Waals surface area contributed by atoms with Gasteiger partial charge in [-0.15, -0.1) is 0 Å². The maximum atomic E-state index is 12.7. The number of rotatable bonds is 5. The van der Waals surface area contributed by atoms with E-state index in [9.17, 15) is 14.4 Å². The Bertz CT molecular complexity index is 1310. The van der Waals surface area contributed by atoms with Crippen LogP contribution in [0.1, 0.15) is 5.56 Å². The van der Waals surface area contributed by atoms with Gasteiger partial charge in [-0.05, 0) is 11.6 Å². The Morgan fingerprint density at radius 1 is 1.14 bits per heavy atom. The van der Waals surface area contributed by atoms with Crippen molar-refractivity contribution in [2.45, 2.75) is 13.1 Å². The first kappa shape index (κ1) is 18.3. The molecule has 0 unspecified atom stereocenters. The van der Waals surface area contributed by atoms with Crippen molar-refractivity contribution in [2.75, 3.05) is 5.32 Å². The highest BCUT2D eigenvalue weighted by Crippen LogP contribution is 2.16. The van der Waals surface area contributed by atoms with Crippen LogP contribution in [0, 0.1) is 0 Å². The predicted molar refractivity (Wildman–Crippen MR) is 104 cm³/mol. The molecule has 0 spiro atoms.